The SMILES string of the molecule is CC(=O)Oc1c2ccccc2c(OC(C)=O)c2c1sc1c(OC(C)=O)c3ccc(CCC(=O)O)cc3c(OC(C)=O)c12. The standard InChI is InChI=1S/C31H24O10S/c1-14(32)38-26-19-7-5-6-8-20(19)28(40-16(3)34)30-24(26)25-27(39-15(2)33)22-13-18(10-12-23(36)37)9-11-21(22)29(31(25)42-30)41-17(4)35/h5-9,11,13H,10,12H2,1-4H3,(H,36,37). The van der Waals surface area contributed by atoms with Crippen LogP contribution in [0.3, 0.4) is 0 Å². The van der Waals surface area contributed by atoms with Gasteiger partial charge < -0.3 is 24.1 Å². The molecule has 5 aromatic rings. The van der Waals surface area contributed by atoms with Crippen molar-refractivity contribution in [2.24, 2.45) is 0 Å². The fourth-order valence-corrected chi connectivity index (χ4v) is 6.24. The van der Waals surface area contributed by atoms with Crippen LogP contribution in [0.2, 0.25) is 0 Å². The van der Waals surface area contributed by atoms with Crippen LogP contribution in [0.1, 0.15) is 39.7 Å². The summed E-state index contributed by atoms with van der Waals surface area (Å²) >= 11 is 1.11. The Morgan fingerprint density at radius 1 is 0.619 bits per heavy atom. The molecule has 11 heteroatoms. The summed E-state index contributed by atoms with van der Waals surface area (Å²) in [5.74, 6) is -2.88. The fraction of sp³-hybridized carbons (Fsp3) is 0.194. The third-order valence-corrected chi connectivity index (χ3v) is 7.56. The van der Waals surface area contributed by atoms with Crippen LogP contribution in [-0.4, -0.2) is 35.0 Å². The summed E-state index contributed by atoms with van der Waals surface area (Å²) in [6.07, 6.45) is 0.0548. The number of hydrogen-bond acceptors (Lipinski definition) is 10. The summed E-state index contributed by atoms with van der Waals surface area (Å²) in [5.41, 5.74) is 0.636. The summed E-state index contributed by atoms with van der Waals surface area (Å²) in [5, 5.41) is 11.5. The highest BCUT2D eigenvalue weighted by molar-refractivity contribution is 7.27. The molecular weight excluding hydrogens is 564 g/mol. The van der Waals surface area contributed by atoms with E-state index in [9.17, 15) is 29.1 Å². The molecule has 1 heterocycles. The molecule has 0 radical (unpaired) electrons. The number of aliphatic carboxylic acids is 1. The van der Waals surface area contributed by atoms with E-state index in [1.807, 2.05) is 0 Å². The van der Waals surface area contributed by atoms with Crippen molar-refractivity contribution in [2.45, 2.75) is 40.5 Å². The Kier molecular flexibility index (Phi) is 7.53. The van der Waals surface area contributed by atoms with Gasteiger partial charge in [-0.15, -0.1) is 11.3 Å². The number of rotatable bonds is 7. The Labute approximate surface area is 242 Å². The minimum absolute atomic E-state index is 0.0873. The Morgan fingerprint density at radius 2 is 1.05 bits per heavy atom. The summed E-state index contributed by atoms with van der Waals surface area (Å²) in [4.78, 5) is 60.7. The zero-order valence-electron chi connectivity index (χ0n) is 23.0. The molecule has 0 aliphatic heterocycles. The number of aryl methyl sites for hydroxylation is 1. The third-order valence-electron chi connectivity index (χ3n) is 6.38. The van der Waals surface area contributed by atoms with E-state index in [-0.39, 0.29) is 35.8 Å². The van der Waals surface area contributed by atoms with E-state index < -0.39 is 29.8 Å². The molecule has 0 amide bonds. The average molecular weight is 589 g/mol. The van der Waals surface area contributed by atoms with E-state index in [0.29, 0.717) is 47.3 Å². The molecule has 0 saturated heterocycles. The van der Waals surface area contributed by atoms with Crippen molar-refractivity contribution in [3.63, 3.8) is 0 Å². The van der Waals surface area contributed by atoms with E-state index in [1.165, 1.54) is 27.7 Å². The van der Waals surface area contributed by atoms with E-state index >= 15 is 0 Å². The maximum Gasteiger partial charge on any atom is 0.308 e. The lowest BCUT2D eigenvalue weighted by atomic mass is 9.97. The largest absolute Gasteiger partial charge is 0.481 e. The van der Waals surface area contributed by atoms with Gasteiger partial charge in [-0.05, 0) is 18.1 Å². The quantitative estimate of drug-likeness (QED) is 0.176. The summed E-state index contributed by atoms with van der Waals surface area (Å²) in [7, 11) is 0. The van der Waals surface area contributed by atoms with Gasteiger partial charge in [0.25, 0.3) is 0 Å². The number of carbonyl (C=O) groups is 5. The molecule has 0 atom stereocenters. The third kappa shape index (κ3) is 5.21. The second-order valence-corrected chi connectivity index (χ2v) is 10.5. The van der Waals surface area contributed by atoms with Gasteiger partial charge in [0.15, 0.2) is 11.5 Å². The molecule has 0 saturated carbocycles. The molecule has 1 N–H and O–H groups in total. The molecule has 0 aliphatic carbocycles. The maximum atomic E-state index is 12.5. The van der Waals surface area contributed by atoms with Crippen LogP contribution in [0.4, 0.5) is 0 Å². The molecule has 1 aromatic heterocycles. The summed E-state index contributed by atoms with van der Waals surface area (Å²) in [6, 6.07) is 11.9. The number of thiophene rings is 1. The molecule has 0 unspecified atom stereocenters. The van der Waals surface area contributed by atoms with E-state index in [0.717, 1.165) is 11.3 Å². The van der Waals surface area contributed by atoms with Crippen molar-refractivity contribution in [3.8, 4) is 23.0 Å². The lowest BCUT2D eigenvalue weighted by Gasteiger charge is -2.16. The highest BCUT2D eigenvalue weighted by Crippen LogP contribution is 2.56. The number of carbonyl (C=O) groups excluding carboxylic acids is 4. The van der Waals surface area contributed by atoms with Crippen molar-refractivity contribution in [2.75, 3.05) is 0 Å². The monoisotopic (exact) mass is 588 g/mol. The van der Waals surface area contributed by atoms with E-state index in [4.69, 9.17) is 18.9 Å². The molecule has 4 aromatic carbocycles. The molecule has 0 bridgehead atoms. The Balaban J connectivity index is 2.07. The van der Waals surface area contributed by atoms with Crippen LogP contribution in [-0.2, 0) is 30.4 Å². The lowest BCUT2D eigenvalue weighted by Crippen LogP contribution is -2.07. The van der Waals surface area contributed by atoms with E-state index in [2.05, 4.69) is 0 Å². The van der Waals surface area contributed by atoms with Gasteiger partial charge in [-0.3, -0.25) is 24.0 Å². The first-order valence-electron chi connectivity index (χ1n) is 12.8. The number of hydrogen-bond donors (Lipinski definition) is 1. The van der Waals surface area contributed by atoms with Crippen LogP contribution in [0.5, 0.6) is 23.0 Å². The molecule has 0 spiro atoms. The number of carboxylic acids is 1. The Morgan fingerprint density at radius 3 is 1.52 bits per heavy atom. The normalized spacial score (nSPS) is 11.1. The highest BCUT2D eigenvalue weighted by Gasteiger charge is 2.29. The van der Waals surface area contributed by atoms with Crippen LogP contribution in [0.15, 0.2) is 42.5 Å². The van der Waals surface area contributed by atoms with Gasteiger partial charge in [0.1, 0.15) is 11.5 Å². The first-order chi connectivity index (χ1) is 20.0. The molecule has 214 valence electrons. The van der Waals surface area contributed by atoms with Gasteiger partial charge in [0.05, 0.1) is 20.2 Å². The maximum absolute atomic E-state index is 12.5. The number of fused-ring (bicyclic) bond motifs is 5. The van der Waals surface area contributed by atoms with Crippen molar-refractivity contribution in [1.82, 2.24) is 0 Å². The molecule has 0 fully saturated rings. The second-order valence-electron chi connectivity index (χ2n) is 9.52. The smallest absolute Gasteiger partial charge is 0.308 e. The van der Waals surface area contributed by atoms with Gasteiger partial charge in [0, 0.05) is 55.7 Å². The van der Waals surface area contributed by atoms with E-state index in [1.54, 1.807) is 42.5 Å². The molecule has 42 heavy (non-hydrogen) atoms. The topological polar surface area (TPSA) is 142 Å². The summed E-state index contributed by atoms with van der Waals surface area (Å²) < 4.78 is 23.8. The van der Waals surface area contributed by atoms with Gasteiger partial charge in [-0.2, -0.15) is 0 Å². The summed E-state index contributed by atoms with van der Waals surface area (Å²) in [6.45, 7) is 4.98. The first-order valence-corrected chi connectivity index (χ1v) is 13.6. The molecule has 5 rings (SSSR count). The second kappa shape index (κ2) is 11.1. The minimum atomic E-state index is -0.980. The molecule has 10 nitrogen and oxygen atoms in total. The van der Waals surface area contributed by atoms with Crippen molar-refractivity contribution in [1.29, 1.82) is 0 Å². The van der Waals surface area contributed by atoms with Crippen LogP contribution in [0, 0.1) is 0 Å². The highest BCUT2D eigenvalue weighted by atomic mass is 32.1. The zero-order chi connectivity index (χ0) is 30.3. The molecule has 0 aliphatic rings. The number of carboxylic acid groups (broad SMARTS) is 1. The lowest BCUT2D eigenvalue weighted by molar-refractivity contribution is -0.137. The average Bonchev–Trinajstić information content (AvgIpc) is 3.31. The van der Waals surface area contributed by atoms with Gasteiger partial charge in [-0.25, -0.2) is 0 Å². The van der Waals surface area contributed by atoms with Crippen molar-refractivity contribution >= 4 is 82.9 Å². The fourth-order valence-electron chi connectivity index (χ4n) is 4.95. The van der Waals surface area contributed by atoms with Crippen LogP contribution in [0.25, 0.3) is 41.7 Å². The first kappa shape index (κ1) is 28.5. The van der Waals surface area contributed by atoms with Crippen molar-refractivity contribution < 1.29 is 48.0 Å². The predicted molar refractivity (Wildman–Crippen MR) is 156 cm³/mol. The van der Waals surface area contributed by atoms with Crippen molar-refractivity contribution in [3.05, 3.63) is 48.0 Å². The molecular formula is C31H24O10S. The number of ether oxygens (including phenoxy) is 4. The number of benzene rings is 4. The van der Waals surface area contributed by atoms with Gasteiger partial charge in [-0.1, -0.05) is 36.4 Å². The van der Waals surface area contributed by atoms with Gasteiger partial charge in [0.2, 0.25) is 0 Å². The van der Waals surface area contributed by atoms with Gasteiger partial charge >= 0.3 is 29.8 Å². The van der Waals surface area contributed by atoms with Crippen LogP contribution < -0.4 is 18.9 Å². The zero-order valence-corrected chi connectivity index (χ0v) is 23.8. The Hall–Kier alpha value is -5.03. The predicted octanol–water partition coefficient (Wildman–Crippen LogP) is 6.08. The van der Waals surface area contributed by atoms with Crippen LogP contribution >= 0.6 is 11.3 Å². The number of esters is 4. The Bertz CT molecular complexity index is 1990. The minimum Gasteiger partial charge on any atom is -0.481 e.